The summed E-state index contributed by atoms with van der Waals surface area (Å²) in [6, 6.07) is 14.2. The molecule has 0 radical (unpaired) electrons. The molecule has 0 fully saturated rings. The lowest BCUT2D eigenvalue weighted by Crippen LogP contribution is -2.46. The van der Waals surface area contributed by atoms with Crippen molar-refractivity contribution in [2.45, 2.75) is 26.8 Å². The maximum Gasteiger partial charge on any atom is 0.325 e. The maximum absolute atomic E-state index is 13.4. The lowest BCUT2D eigenvalue weighted by molar-refractivity contribution is -0.140. The van der Waals surface area contributed by atoms with Crippen molar-refractivity contribution >= 4 is 34.9 Å². The zero-order valence-corrected chi connectivity index (χ0v) is 17.2. The molecule has 0 saturated carbocycles. The number of hydrogen-bond acceptors (Lipinski definition) is 4. The molecule has 1 aliphatic rings. The van der Waals surface area contributed by atoms with Crippen LogP contribution in [0.4, 0.5) is 5.69 Å². The van der Waals surface area contributed by atoms with Gasteiger partial charge in [-0.15, -0.1) is 0 Å². The van der Waals surface area contributed by atoms with Gasteiger partial charge in [-0.05, 0) is 23.6 Å². The van der Waals surface area contributed by atoms with E-state index < -0.39 is 17.4 Å². The Morgan fingerprint density at radius 1 is 1.18 bits per heavy atom. The fourth-order valence-electron chi connectivity index (χ4n) is 3.20. The predicted octanol–water partition coefficient (Wildman–Crippen LogP) is 4.11. The number of esters is 1. The molecule has 146 valence electrons. The number of rotatable bonds is 3. The third-order valence-electron chi connectivity index (χ3n) is 4.65. The third-order valence-corrected chi connectivity index (χ3v) is 4.88. The number of amides is 1. The molecule has 0 N–H and O–H groups in total. The van der Waals surface area contributed by atoms with Gasteiger partial charge in [0.05, 0.1) is 18.5 Å². The van der Waals surface area contributed by atoms with E-state index in [2.05, 4.69) is 0 Å². The number of carbonyl (C=O) groups is 2. The van der Waals surface area contributed by atoms with Crippen molar-refractivity contribution in [3.63, 3.8) is 0 Å². The first-order valence-corrected chi connectivity index (χ1v) is 9.41. The molecule has 0 saturated heterocycles. The lowest BCUT2D eigenvalue weighted by Gasteiger charge is -2.30. The summed E-state index contributed by atoms with van der Waals surface area (Å²) in [4.78, 5) is 31.8. The zero-order valence-electron chi connectivity index (χ0n) is 16.4. The molecule has 0 bridgehead atoms. The van der Waals surface area contributed by atoms with Crippen molar-refractivity contribution < 1.29 is 14.3 Å². The first-order chi connectivity index (χ1) is 13.2. The van der Waals surface area contributed by atoms with Gasteiger partial charge < -0.3 is 4.74 Å². The van der Waals surface area contributed by atoms with Crippen molar-refractivity contribution in [1.29, 1.82) is 0 Å². The maximum atomic E-state index is 13.4. The minimum Gasteiger partial charge on any atom is -0.468 e. The summed E-state index contributed by atoms with van der Waals surface area (Å²) in [7, 11) is 1.31. The Balaban J connectivity index is 2.28. The monoisotopic (exact) mass is 398 g/mol. The first-order valence-electron chi connectivity index (χ1n) is 9.03. The van der Waals surface area contributed by atoms with Crippen LogP contribution in [0, 0.1) is 5.41 Å². The number of anilines is 1. The van der Waals surface area contributed by atoms with Crippen molar-refractivity contribution in [2.75, 3.05) is 18.6 Å². The van der Waals surface area contributed by atoms with Crippen LogP contribution in [0.15, 0.2) is 53.5 Å². The van der Waals surface area contributed by atoms with Gasteiger partial charge in [0.25, 0.3) is 5.91 Å². The molecule has 1 heterocycles. The molecule has 1 amide bonds. The lowest BCUT2D eigenvalue weighted by atomic mass is 9.86. The van der Waals surface area contributed by atoms with E-state index in [1.165, 1.54) is 12.0 Å². The van der Waals surface area contributed by atoms with Crippen molar-refractivity contribution in [3.8, 4) is 0 Å². The van der Waals surface area contributed by atoms with Crippen LogP contribution in [0.2, 0.25) is 5.02 Å². The Kier molecular flexibility index (Phi) is 5.57. The van der Waals surface area contributed by atoms with Crippen molar-refractivity contribution in [1.82, 2.24) is 0 Å². The predicted molar refractivity (Wildman–Crippen MR) is 111 cm³/mol. The summed E-state index contributed by atoms with van der Waals surface area (Å²) in [5, 5.41) is 0.530. The van der Waals surface area contributed by atoms with E-state index in [4.69, 9.17) is 21.3 Å². The number of methoxy groups -OCH3 is 1. The van der Waals surface area contributed by atoms with Gasteiger partial charge in [0.2, 0.25) is 0 Å². The normalized spacial score (nSPS) is 16.9. The van der Waals surface area contributed by atoms with E-state index in [0.717, 1.165) is 5.56 Å². The molecule has 2 aromatic carbocycles. The summed E-state index contributed by atoms with van der Waals surface area (Å²) in [5.74, 6) is -0.738. The molecule has 0 aliphatic carbocycles. The Labute approximate surface area is 170 Å². The largest absolute Gasteiger partial charge is 0.468 e. The van der Waals surface area contributed by atoms with Gasteiger partial charge in [0.1, 0.15) is 12.6 Å². The molecular formula is C22H23ClN2O3. The van der Waals surface area contributed by atoms with Crippen LogP contribution >= 0.6 is 11.6 Å². The SMILES string of the molecule is COC(=O)CN1C(=O)[C@H](C(C)(C)C)N=C(c2ccccc2)c2cc(Cl)ccc21. The number of benzodiazepines with no additional fused rings is 1. The first kappa shape index (κ1) is 20.1. The molecule has 2 aromatic rings. The highest BCUT2D eigenvalue weighted by Crippen LogP contribution is 2.35. The highest BCUT2D eigenvalue weighted by atomic mass is 35.5. The number of nitrogens with zero attached hydrogens (tertiary/aromatic N) is 2. The fraction of sp³-hybridized carbons (Fsp3) is 0.318. The summed E-state index contributed by atoms with van der Waals surface area (Å²) >= 11 is 6.28. The van der Waals surface area contributed by atoms with Crippen LogP contribution in [-0.4, -0.2) is 37.3 Å². The highest BCUT2D eigenvalue weighted by Gasteiger charge is 2.39. The van der Waals surface area contributed by atoms with Crippen LogP contribution in [0.25, 0.3) is 0 Å². The second-order valence-corrected chi connectivity index (χ2v) is 8.21. The molecule has 5 nitrogen and oxygen atoms in total. The van der Waals surface area contributed by atoms with E-state index in [-0.39, 0.29) is 12.5 Å². The molecule has 28 heavy (non-hydrogen) atoms. The van der Waals surface area contributed by atoms with E-state index in [1.54, 1.807) is 18.2 Å². The average molecular weight is 399 g/mol. The minimum atomic E-state index is -0.668. The Hall–Kier alpha value is -2.66. The molecule has 3 rings (SSSR count). The Morgan fingerprint density at radius 2 is 1.86 bits per heavy atom. The summed E-state index contributed by atoms with van der Waals surface area (Å²) < 4.78 is 4.82. The topological polar surface area (TPSA) is 59.0 Å². The molecular weight excluding hydrogens is 376 g/mol. The Morgan fingerprint density at radius 3 is 2.46 bits per heavy atom. The van der Waals surface area contributed by atoms with Gasteiger partial charge in [0, 0.05) is 16.1 Å². The van der Waals surface area contributed by atoms with E-state index in [9.17, 15) is 9.59 Å². The number of carbonyl (C=O) groups excluding carboxylic acids is 2. The van der Waals surface area contributed by atoms with E-state index >= 15 is 0 Å². The molecule has 1 atom stereocenters. The van der Waals surface area contributed by atoms with Crippen molar-refractivity contribution in [2.24, 2.45) is 10.4 Å². The Bertz CT molecular complexity index is 933. The van der Waals surface area contributed by atoms with Gasteiger partial charge in [0.15, 0.2) is 0 Å². The third kappa shape index (κ3) is 3.94. The summed E-state index contributed by atoms with van der Waals surface area (Å²) in [6.45, 7) is 5.69. The minimum absolute atomic E-state index is 0.186. The summed E-state index contributed by atoms with van der Waals surface area (Å²) in [5.41, 5.74) is 2.42. The number of benzene rings is 2. The second kappa shape index (κ2) is 7.76. The van der Waals surface area contributed by atoms with E-state index in [0.29, 0.717) is 22.0 Å². The van der Waals surface area contributed by atoms with Gasteiger partial charge in [-0.3, -0.25) is 19.5 Å². The van der Waals surface area contributed by atoms with Crippen LogP contribution in [-0.2, 0) is 14.3 Å². The van der Waals surface area contributed by atoms with Crippen LogP contribution in [0.1, 0.15) is 31.9 Å². The number of fused-ring (bicyclic) bond motifs is 1. The molecule has 0 spiro atoms. The fourth-order valence-corrected chi connectivity index (χ4v) is 3.37. The van der Waals surface area contributed by atoms with Crippen LogP contribution < -0.4 is 4.90 Å². The standard InChI is InChI=1S/C22H23ClN2O3/c1-22(2,3)20-21(27)25(13-18(26)28-4)17-11-10-15(23)12-16(17)19(24-20)14-8-6-5-7-9-14/h5-12,20H,13H2,1-4H3/t20-/m1/s1. The van der Waals surface area contributed by atoms with Gasteiger partial charge in [-0.25, -0.2) is 0 Å². The molecule has 0 aromatic heterocycles. The molecule has 6 heteroatoms. The number of ether oxygens (including phenoxy) is 1. The summed E-state index contributed by atoms with van der Waals surface area (Å²) in [6.07, 6.45) is 0. The van der Waals surface area contributed by atoms with Crippen LogP contribution in [0.5, 0.6) is 0 Å². The van der Waals surface area contributed by atoms with Crippen molar-refractivity contribution in [3.05, 3.63) is 64.7 Å². The molecule has 0 unspecified atom stereocenters. The van der Waals surface area contributed by atoms with Gasteiger partial charge in [-0.1, -0.05) is 62.7 Å². The average Bonchev–Trinajstić information content (AvgIpc) is 2.77. The van der Waals surface area contributed by atoms with E-state index in [1.807, 2.05) is 51.1 Å². The number of hydrogen-bond donors (Lipinski definition) is 0. The molecule has 1 aliphatic heterocycles. The number of aliphatic imine (C=N–C) groups is 1. The van der Waals surface area contributed by atoms with Crippen LogP contribution in [0.3, 0.4) is 0 Å². The number of halogens is 1. The second-order valence-electron chi connectivity index (χ2n) is 7.77. The quantitative estimate of drug-likeness (QED) is 0.731. The van der Waals surface area contributed by atoms with Gasteiger partial charge in [-0.2, -0.15) is 0 Å². The van der Waals surface area contributed by atoms with Gasteiger partial charge >= 0.3 is 5.97 Å². The smallest absolute Gasteiger partial charge is 0.325 e. The zero-order chi connectivity index (χ0) is 20.5. The highest BCUT2D eigenvalue weighted by molar-refractivity contribution is 6.32.